The quantitative estimate of drug-likeness (QED) is 0.477. The molecule has 0 radical (unpaired) electrons. The SMILES string of the molecule is N#CCc1ccccc1.[Ba+2].[Cl-].[Cl-]. The second-order valence-electron chi connectivity index (χ2n) is 1.82. The van der Waals surface area contributed by atoms with E-state index in [4.69, 9.17) is 5.26 Å². The minimum Gasteiger partial charge on any atom is -1.00 e. The number of hydrogen-bond donors (Lipinski definition) is 0. The average molecular weight is 325 g/mol. The Hall–Kier alpha value is 0.861. The fourth-order valence-corrected chi connectivity index (χ4v) is 0.687. The van der Waals surface area contributed by atoms with Crippen LogP contribution in [0, 0.1) is 11.3 Å². The second-order valence-corrected chi connectivity index (χ2v) is 1.82. The Balaban J connectivity index is -0.000000270. The molecule has 0 bridgehead atoms. The molecule has 60 valence electrons. The smallest absolute Gasteiger partial charge is 1.00 e. The fraction of sp³-hybridized carbons (Fsp3) is 0.125. The van der Waals surface area contributed by atoms with Crippen molar-refractivity contribution in [3.63, 3.8) is 0 Å². The van der Waals surface area contributed by atoms with Crippen molar-refractivity contribution in [2.24, 2.45) is 0 Å². The van der Waals surface area contributed by atoms with Gasteiger partial charge in [-0.2, -0.15) is 5.26 Å². The molecule has 0 aliphatic carbocycles. The van der Waals surface area contributed by atoms with Crippen LogP contribution >= 0.6 is 0 Å². The van der Waals surface area contributed by atoms with E-state index in [1.807, 2.05) is 30.3 Å². The third kappa shape index (κ3) is 7.51. The van der Waals surface area contributed by atoms with Gasteiger partial charge in [0.05, 0.1) is 12.5 Å². The van der Waals surface area contributed by atoms with E-state index in [1.165, 1.54) is 0 Å². The molecular weight excluding hydrogens is 318 g/mol. The summed E-state index contributed by atoms with van der Waals surface area (Å²) in [6, 6.07) is 11.8. The molecule has 0 heterocycles. The Kier molecular flexibility index (Phi) is 18.4. The Morgan fingerprint density at radius 3 is 2.00 bits per heavy atom. The molecule has 0 aliphatic rings. The van der Waals surface area contributed by atoms with E-state index in [9.17, 15) is 0 Å². The van der Waals surface area contributed by atoms with Gasteiger partial charge in [-0.05, 0) is 5.56 Å². The first-order valence-electron chi connectivity index (χ1n) is 2.84. The number of nitriles is 1. The predicted octanol–water partition coefficient (Wildman–Crippen LogP) is -4.62. The minimum atomic E-state index is 0. The van der Waals surface area contributed by atoms with E-state index in [0.29, 0.717) is 6.42 Å². The van der Waals surface area contributed by atoms with E-state index in [0.717, 1.165) is 5.56 Å². The molecule has 4 heteroatoms. The van der Waals surface area contributed by atoms with E-state index < -0.39 is 0 Å². The van der Waals surface area contributed by atoms with Crippen LogP contribution in [-0.2, 0) is 6.42 Å². The Morgan fingerprint density at radius 2 is 1.58 bits per heavy atom. The molecule has 0 fully saturated rings. The van der Waals surface area contributed by atoms with Gasteiger partial charge in [-0.1, -0.05) is 30.3 Å². The van der Waals surface area contributed by atoms with Gasteiger partial charge in [-0.15, -0.1) is 0 Å². The largest absolute Gasteiger partial charge is 2.00 e. The van der Waals surface area contributed by atoms with Crippen LogP contribution in [0.25, 0.3) is 0 Å². The zero-order valence-electron chi connectivity index (χ0n) is 6.50. The molecule has 0 aliphatic heterocycles. The van der Waals surface area contributed by atoms with Crippen molar-refractivity contribution in [3.05, 3.63) is 35.9 Å². The van der Waals surface area contributed by atoms with Crippen molar-refractivity contribution in [1.29, 1.82) is 5.26 Å². The van der Waals surface area contributed by atoms with Gasteiger partial charge < -0.3 is 24.8 Å². The molecule has 1 nitrogen and oxygen atoms in total. The van der Waals surface area contributed by atoms with Crippen molar-refractivity contribution in [2.45, 2.75) is 6.42 Å². The van der Waals surface area contributed by atoms with E-state index in [-0.39, 0.29) is 73.7 Å². The van der Waals surface area contributed by atoms with Gasteiger partial charge in [0.15, 0.2) is 0 Å². The Bertz CT molecular complexity index is 220. The van der Waals surface area contributed by atoms with Gasteiger partial charge in [-0.3, -0.25) is 0 Å². The normalized spacial score (nSPS) is 6.25. The number of benzene rings is 1. The summed E-state index contributed by atoms with van der Waals surface area (Å²) in [6.07, 6.45) is 0.515. The molecule has 0 N–H and O–H groups in total. The number of halogens is 2. The molecular formula is C8H7BaCl2N. The van der Waals surface area contributed by atoms with Gasteiger partial charge in [-0.25, -0.2) is 0 Å². The van der Waals surface area contributed by atoms with Crippen molar-refractivity contribution in [3.8, 4) is 6.07 Å². The van der Waals surface area contributed by atoms with Crippen LogP contribution in [0.1, 0.15) is 5.56 Å². The van der Waals surface area contributed by atoms with Crippen LogP contribution in [0.2, 0.25) is 0 Å². The van der Waals surface area contributed by atoms with Crippen LogP contribution in [0.5, 0.6) is 0 Å². The first-order valence-corrected chi connectivity index (χ1v) is 2.84. The summed E-state index contributed by atoms with van der Waals surface area (Å²) in [5, 5.41) is 8.27. The standard InChI is InChI=1S/C8H7N.Ba.2ClH/c9-7-6-8-4-2-1-3-5-8;;;/h1-5H,6H2;;2*1H/q;+2;;/p-2. The summed E-state index contributed by atoms with van der Waals surface area (Å²) in [5.74, 6) is 0. The van der Waals surface area contributed by atoms with Crippen LogP contribution in [0.4, 0.5) is 0 Å². The third-order valence-electron chi connectivity index (χ3n) is 1.13. The maximum atomic E-state index is 8.27. The zero-order chi connectivity index (χ0) is 6.53. The van der Waals surface area contributed by atoms with Crippen molar-refractivity contribution >= 4 is 48.9 Å². The maximum absolute atomic E-state index is 8.27. The van der Waals surface area contributed by atoms with Crippen LogP contribution < -0.4 is 24.8 Å². The van der Waals surface area contributed by atoms with Gasteiger partial charge in [0.25, 0.3) is 0 Å². The Morgan fingerprint density at radius 1 is 1.08 bits per heavy atom. The van der Waals surface area contributed by atoms with Crippen LogP contribution in [-0.4, -0.2) is 48.9 Å². The van der Waals surface area contributed by atoms with Gasteiger partial charge in [0.1, 0.15) is 0 Å². The maximum Gasteiger partial charge on any atom is 2.00 e. The molecule has 0 aromatic heterocycles. The van der Waals surface area contributed by atoms with Crippen molar-refractivity contribution in [2.75, 3.05) is 0 Å². The fourth-order valence-electron chi connectivity index (χ4n) is 0.687. The van der Waals surface area contributed by atoms with E-state index in [1.54, 1.807) is 0 Å². The van der Waals surface area contributed by atoms with Gasteiger partial charge in [0.2, 0.25) is 0 Å². The molecule has 12 heavy (non-hydrogen) atoms. The molecule has 0 unspecified atom stereocenters. The summed E-state index contributed by atoms with van der Waals surface area (Å²) in [4.78, 5) is 0. The first-order chi connectivity index (χ1) is 4.43. The van der Waals surface area contributed by atoms with Gasteiger partial charge >= 0.3 is 48.9 Å². The van der Waals surface area contributed by atoms with Crippen LogP contribution in [0.3, 0.4) is 0 Å². The van der Waals surface area contributed by atoms with Crippen molar-refractivity contribution in [1.82, 2.24) is 0 Å². The molecule has 0 saturated heterocycles. The monoisotopic (exact) mass is 325 g/mol. The molecule has 1 aromatic carbocycles. The molecule has 0 spiro atoms. The zero-order valence-corrected chi connectivity index (χ0v) is 12.5. The molecule has 0 saturated carbocycles. The molecule has 0 amide bonds. The summed E-state index contributed by atoms with van der Waals surface area (Å²) in [7, 11) is 0. The molecule has 1 aromatic rings. The third-order valence-corrected chi connectivity index (χ3v) is 1.13. The summed E-state index contributed by atoms with van der Waals surface area (Å²) in [6.45, 7) is 0. The number of rotatable bonds is 1. The van der Waals surface area contributed by atoms with Gasteiger partial charge in [0, 0.05) is 0 Å². The van der Waals surface area contributed by atoms with Crippen LogP contribution in [0.15, 0.2) is 30.3 Å². The number of nitrogens with zero attached hydrogens (tertiary/aromatic N) is 1. The molecule has 1 rings (SSSR count). The summed E-state index contributed by atoms with van der Waals surface area (Å²) >= 11 is 0. The van der Waals surface area contributed by atoms with Crippen molar-refractivity contribution < 1.29 is 24.8 Å². The topological polar surface area (TPSA) is 23.8 Å². The average Bonchev–Trinajstić information content (AvgIpc) is 1.91. The first kappa shape index (κ1) is 18.6. The summed E-state index contributed by atoms with van der Waals surface area (Å²) in [5.41, 5.74) is 1.08. The minimum absolute atomic E-state index is 0. The number of hydrogen-bond acceptors (Lipinski definition) is 1. The van der Waals surface area contributed by atoms with E-state index >= 15 is 0 Å². The summed E-state index contributed by atoms with van der Waals surface area (Å²) < 4.78 is 0. The molecule has 0 atom stereocenters. The second kappa shape index (κ2) is 11.9. The Labute approximate surface area is 125 Å². The predicted molar refractivity (Wildman–Crippen MR) is 41.5 cm³/mol. The van der Waals surface area contributed by atoms with E-state index in [2.05, 4.69) is 6.07 Å².